The van der Waals surface area contributed by atoms with Crippen molar-refractivity contribution in [3.05, 3.63) is 147 Å². The average molecular weight is 761 g/mol. The number of anilines is 2. The summed E-state index contributed by atoms with van der Waals surface area (Å²) < 4.78 is 20.0. The number of halogens is 2. The number of non-ortho nitro benzene ring substituents is 1. The van der Waals surface area contributed by atoms with Crippen LogP contribution in [0.3, 0.4) is 0 Å². The number of rotatable bonds is 6. The molecule has 55 heavy (non-hydrogen) atoms. The third kappa shape index (κ3) is 5.17. The molecule has 0 spiro atoms. The summed E-state index contributed by atoms with van der Waals surface area (Å²) in [7, 11) is 0. The Kier molecular flexibility index (Phi) is 7.90. The number of fused-ring (bicyclic) bond motifs is 5. The molecule has 0 radical (unpaired) electrons. The van der Waals surface area contributed by atoms with Crippen LogP contribution in [0.5, 0.6) is 11.5 Å². The molecule has 4 aromatic rings. The van der Waals surface area contributed by atoms with Crippen LogP contribution in [0.2, 0.25) is 5.02 Å². The molecule has 6 unspecified atom stereocenters. The van der Waals surface area contributed by atoms with Crippen LogP contribution in [-0.2, 0) is 31.0 Å². The van der Waals surface area contributed by atoms with Crippen LogP contribution in [0.25, 0.3) is 0 Å². The second kappa shape index (κ2) is 12.6. The van der Waals surface area contributed by atoms with Gasteiger partial charge >= 0.3 is 0 Å². The zero-order valence-corrected chi connectivity index (χ0v) is 29.5. The van der Waals surface area contributed by atoms with Gasteiger partial charge in [-0.2, -0.15) is 5.01 Å². The number of benzene rings is 4. The van der Waals surface area contributed by atoms with E-state index >= 15 is 4.79 Å². The molecular formula is C41H30ClFN4O8. The minimum absolute atomic E-state index is 0.00556. The highest BCUT2D eigenvalue weighted by atomic mass is 35.5. The number of nitro groups is 1. The van der Waals surface area contributed by atoms with E-state index in [2.05, 4.69) is 5.43 Å². The normalized spacial score (nSPS) is 26.7. The van der Waals surface area contributed by atoms with E-state index in [1.807, 2.05) is 6.08 Å². The lowest BCUT2D eigenvalue weighted by Gasteiger charge is -2.51. The van der Waals surface area contributed by atoms with Crippen molar-refractivity contribution in [3.8, 4) is 11.5 Å². The highest BCUT2D eigenvalue weighted by Gasteiger charge is 2.70. The summed E-state index contributed by atoms with van der Waals surface area (Å²) in [6.07, 6.45) is 3.80. The summed E-state index contributed by atoms with van der Waals surface area (Å²) in [5, 5.41) is 23.4. The van der Waals surface area contributed by atoms with Gasteiger partial charge in [-0.05, 0) is 90.6 Å². The Morgan fingerprint density at radius 1 is 0.927 bits per heavy atom. The maximum Gasteiger partial charge on any atom is 0.271 e. The van der Waals surface area contributed by atoms with E-state index in [4.69, 9.17) is 16.3 Å². The first-order chi connectivity index (χ1) is 26.5. The number of amides is 4. The molecule has 4 aromatic carbocycles. The zero-order valence-electron chi connectivity index (χ0n) is 28.7. The van der Waals surface area contributed by atoms with Crippen molar-refractivity contribution in [2.75, 3.05) is 10.3 Å². The second-order valence-corrected chi connectivity index (χ2v) is 14.9. The van der Waals surface area contributed by atoms with Crippen LogP contribution in [0.15, 0.2) is 114 Å². The molecule has 1 saturated carbocycles. The van der Waals surface area contributed by atoms with E-state index < -0.39 is 69.4 Å². The fourth-order valence-electron chi connectivity index (χ4n) is 9.47. The molecule has 3 heterocycles. The highest BCUT2D eigenvalue weighted by Crippen LogP contribution is 2.63. The number of nitrogens with one attached hydrogen (secondary N) is 1. The van der Waals surface area contributed by atoms with Gasteiger partial charge in [0.05, 0.1) is 45.7 Å². The second-order valence-electron chi connectivity index (χ2n) is 14.4. The Morgan fingerprint density at radius 2 is 1.69 bits per heavy atom. The summed E-state index contributed by atoms with van der Waals surface area (Å²) in [6, 6.07) is 21.9. The van der Waals surface area contributed by atoms with Gasteiger partial charge in [-0.25, -0.2) is 9.29 Å². The molecule has 276 valence electrons. The molecule has 12 nitrogen and oxygen atoms in total. The van der Waals surface area contributed by atoms with Crippen molar-refractivity contribution in [3.63, 3.8) is 0 Å². The minimum atomic E-state index is -1.61. The number of nitrogens with zero attached hydrogens (tertiary/aromatic N) is 3. The predicted octanol–water partition coefficient (Wildman–Crippen LogP) is 6.63. The monoisotopic (exact) mass is 760 g/mol. The van der Waals surface area contributed by atoms with Gasteiger partial charge in [-0.15, -0.1) is 0 Å². The van der Waals surface area contributed by atoms with Gasteiger partial charge in [0, 0.05) is 35.1 Å². The van der Waals surface area contributed by atoms with E-state index in [-0.39, 0.29) is 42.1 Å². The fraction of sp³-hybridized carbons (Fsp3) is 0.220. The lowest BCUT2D eigenvalue weighted by Crippen LogP contribution is -2.55. The number of aromatic hydroxyl groups is 1. The van der Waals surface area contributed by atoms with E-state index in [1.165, 1.54) is 54.6 Å². The molecule has 0 bridgehead atoms. The van der Waals surface area contributed by atoms with Crippen LogP contribution < -0.4 is 15.1 Å². The van der Waals surface area contributed by atoms with Crippen LogP contribution in [0.1, 0.15) is 24.0 Å². The maximum atomic E-state index is 15.3. The Morgan fingerprint density at radius 3 is 2.44 bits per heavy atom. The molecule has 3 fully saturated rings. The van der Waals surface area contributed by atoms with Crippen molar-refractivity contribution in [1.82, 2.24) is 5.01 Å². The van der Waals surface area contributed by atoms with Gasteiger partial charge in [0.25, 0.3) is 17.5 Å². The number of nitro benzene ring substituents is 1. The van der Waals surface area contributed by atoms with E-state index in [1.54, 1.807) is 42.7 Å². The van der Waals surface area contributed by atoms with Crippen molar-refractivity contribution < 1.29 is 38.3 Å². The first-order valence-corrected chi connectivity index (χ1v) is 18.0. The van der Waals surface area contributed by atoms with Crippen LogP contribution in [0.4, 0.5) is 21.5 Å². The van der Waals surface area contributed by atoms with Gasteiger partial charge in [0.15, 0.2) is 0 Å². The topological polar surface area (TPSA) is 159 Å². The highest BCUT2D eigenvalue weighted by molar-refractivity contribution is 6.30. The van der Waals surface area contributed by atoms with Crippen molar-refractivity contribution in [1.29, 1.82) is 0 Å². The number of carbonyl (C=O) groups excluding carboxylic acids is 4. The lowest BCUT2D eigenvalue weighted by atomic mass is 9.48. The molecule has 9 rings (SSSR count). The van der Waals surface area contributed by atoms with Gasteiger partial charge in [-0.1, -0.05) is 41.4 Å². The number of hydrazine groups is 1. The van der Waals surface area contributed by atoms with Gasteiger partial charge in [0.2, 0.25) is 11.8 Å². The molecule has 2 aliphatic carbocycles. The number of ether oxygens (including phenoxy) is 1. The number of phenolic OH excluding ortho intramolecular Hbond substituents is 1. The smallest absolute Gasteiger partial charge is 0.271 e. The molecular weight excluding hydrogens is 731 g/mol. The van der Waals surface area contributed by atoms with E-state index in [0.29, 0.717) is 33.0 Å². The summed E-state index contributed by atoms with van der Waals surface area (Å²) in [5.74, 6) is -6.67. The Hall–Kier alpha value is -6.34. The van der Waals surface area contributed by atoms with Crippen molar-refractivity contribution in [2.24, 2.45) is 29.6 Å². The molecule has 3 aliphatic heterocycles. The van der Waals surface area contributed by atoms with Crippen LogP contribution in [0, 0.1) is 45.5 Å². The number of hydrogen-bond acceptors (Lipinski definition) is 9. The van der Waals surface area contributed by atoms with Gasteiger partial charge in [0.1, 0.15) is 17.3 Å². The largest absolute Gasteiger partial charge is 0.508 e. The SMILES string of the molecule is O=C1C2CC3C(=CCC4C(=O)N(c5cccc([N+](=O)[O-])c5)C(=O)C43)C(C3=COc4ccc(O)cc4C3)C2(c2ccc(Cl)cc2)C(=O)N1Nc1ccc(F)cc1. The minimum Gasteiger partial charge on any atom is -0.508 e. The Bertz CT molecular complexity index is 2420. The number of phenols is 1. The molecule has 2 N–H and O–H groups in total. The van der Waals surface area contributed by atoms with Crippen LogP contribution >= 0.6 is 11.6 Å². The van der Waals surface area contributed by atoms with Crippen LogP contribution in [-0.4, -0.2) is 38.7 Å². The third-order valence-electron chi connectivity index (χ3n) is 11.7. The first-order valence-electron chi connectivity index (χ1n) is 17.6. The molecule has 2 saturated heterocycles. The maximum absolute atomic E-state index is 15.3. The molecule has 5 aliphatic rings. The summed E-state index contributed by atoms with van der Waals surface area (Å²) in [5.41, 5.74) is 3.79. The molecule has 14 heteroatoms. The van der Waals surface area contributed by atoms with Crippen molar-refractivity contribution >= 4 is 52.3 Å². The number of imide groups is 2. The quantitative estimate of drug-likeness (QED) is 0.0952. The van der Waals surface area contributed by atoms with Gasteiger partial charge in [-0.3, -0.25) is 34.7 Å². The van der Waals surface area contributed by atoms with E-state index in [9.17, 15) is 34.0 Å². The molecule has 4 amide bonds. The summed E-state index contributed by atoms with van der Waals surface area (Å²) in [6.45, 7) is 0. The van der Waals surface area contributed by atoms with Crippen molar-refractivity contribution in [2.45, 2.75) is 24.7 Å². The fourth-order valence-corrected chi connectivity index (χ4v) is 9.60. The number of hydrogen-bond donors (Lipinski definition) is 2. The number of carbonyl (C=O) groups is 4. The Labute approximate surface area is 317 Å². The lowest BCUT2D eigenvalue weighted by molar-refractivity contribution is -0.384. The van der Waals surface area contributed by atoms with E-state index in [0.717, 1.165) is 9.91 Å². The number of allylic oxidation sites excluding steroid dienone is 3. The first kappa shape index (κ1) is 34.4. The molecule has 0 aromatic heterocycles. The standard InChI is InChI=1S/C41H30ClFN4O8/c42-24-6-4-23(5-7-24)41-33(38(50)46(40(41)52)44-26-10-8-25(43)9-11-26)19-32-30(36(41)22-16-21-17-29(48)12-15-34(21)55-20-22)13-14-31-35(32)39(51)45(37(31)49)27-2-1-3-28(18-27)47(53)54/h1-13,15,17-18,20,31-33,35-36,44,48H,14,16,19H2. The summed E-state index contributed by atoms with van der Waals surface area (Å²) in [4.78, 5) is 70.8. The predicted molar refractivity (Wildman–Crippen MR) is 196 cm³/mol. The average Bonchev–Trinajstić information content (AvgIpc) is 3.56. The Balaban J connectivity index is 1.22. The zero-order chi connectivity index (χ0) is 38.3. The summed E-state index contributed by atoms with van der Waals surface area (Å²) >= 11 is 6.37. The third-order valence-corrected chi connectivity index (χ3v) is 12.0. The molecule has 6 atom stereocenters. The van der Waals surface area contributed by atoms with Gasteiger partial charge < -0.3 is 9.84 Å².